The zero-order valence-electron chi connectivity index (χ0n) is 16.7. The van der Waals surface area contributed by atoms with Gasteiger partial charge in [-0.3, -0.25) is 19.2 Å². The summed E-state index contributed by atoms with van der Waals surface area (Å²) < 4.78 is 17.2. The number of aliphatic carboxylic acids is 1. The van der Waals surface area contributed by atoms with Crippen LogP contribution in [0.1, 0.15) is 30.6 Å². The first-order chi connectivity index (χ1) is 14.1. The molecule has 0 saturated carbocycles. The molecule has 10 nitrogen and oxygen atoms in total. The highest BCUT2D eigenvalue weighted by Crippen LogP contribution is 2.17. The fourth-order valence-corrected chi connectivity index (χ4v) is 2.47. The van der Waals surface area contributed by atoms with Gasteiger partial charge in [0.2, 0.25) is 5.91 Å². The van der Waals surface area contributed by atoms with Gasteiger partial charge in [0.15, 0.2) is 5.78 Å². The first-order valence-corrected chi connectivity index (χ1v) is 8.96. The summed E-state index contributed by atoms with van der Waals surface area (Å²) in [5.41, 5.74) is -0.0208. The first kappa shape index (κ1) is 24.5. The third kappa shape index (κ3) is 7.15. The Bertz CT molecular complexity index is 813. The summed E-state index contributed by atoms with van der Waals surface area (Å²) in [6.45, 7) is 1.95. The van der Waals surface area contributed by atoms with Gasteiger partial charge in [0.25, 0.3) is 5.91 Å². The molecule has 3 amide bonds. The number of anilines is 1. The van der Waals surface area contributed by atoms with Crippen molar-refractivity contribution in [2.45, 2.75) is 32.4 Å². The molecule has 1 aromatic rings. The Kier molecular flexibility index (Phi) is 9.40. The lowest BCUT2D eigenvalue weighted by molar-refractivity contribution is -0.139. The number of hydrogen-bond donors (Lipinski definition) is 4. The summed E-state index contributed by atoms with van der Waals surface area (Å²) in [4.78, 5) is 59.1. The number of alkyl carbamates (subject to hydrolysis) is 1. The molecule has 2 atom stereocenters. The van der Waals surface area contributed by atoms with Crippen molar-refractivity contribution < 1.29 is 38.2 Å². The molecule has 4 N–H and O–H groups in total. The van der Waals surface area contributed by atoms with E-state index in [2.05, 4.69) is 20.7 Å². The lowest BCUT2D eigenvalue weighted by Gasteiger charge is -2.22. The van der Waals surface area contributed by atoms with E-state index in [1.165, 1.54) is 24.3 Å². The Morgan fingerprint density at radius 2 is 1.73 bits per heavy atom. The van der Waals surface area contributed by atoms with E-state index in [-0.39, 0.29) is 17.2 Å². The summed E-state index contributed by atoms with van der Waals surface area (Å²) in [7, 11) is 1.15. The standard InChI is InChI=1S/C19H24FN3O7/c1-10(2)16(23-19(29)30-3)18(28)21-12-7-5-4-6-11(12)17(27)22-13(8-15(25)26)14(24)9-20/h4-7,10,13,16H,8-9H2,1-3H3,(H,21,28)(H,22,27)(H,23,29)(H,25,26). The second-order valence-electron chi connectivity index (χ2n) is 6.62. The van der Waals surface area contributed by atoms with Crippen molar-refractivity contribution >= 4 is 35.3 Å². The van der Waals surface area contributed by atoms with Gasteiger partial charge in [-0.25, -0.2) is 9.18 Å². The van der Waals surface area contributed by atoms with E-state index in [0.29, 0.717) is 0 Å². The molecule has 1 rings (SSSR count). The van der Waals surface area contributed by atoms with Crippen molar-refractivity contribution in [3.05, 3.63) is 29.8 Å². The van der Waals surface area contributed by atoms with Crippen LogP contribution in [0, 0.1) is 5.92 Å². The van der Waals surface area contributed by atoms with E-state index in [1.54, 1.807) is 13.8 Å². The number of para-hydroxylation sites is 1. The molecule has 0 aromatic heterocycles. The number of rotatable bonds is 10. The number of carboxylic acids is 1. The molecule has 0 spiro atoms. The minimum Gasteiger partial charge on any atom is -0.481 e. The predicted octanol–water partition coefficient (Wildman–Crippen LogP) is 1.12. The Morgan fingerprint density at radius 1 is 1.10 bits per heavy atom. The molecule has 0 radical (unpaired) electrons. The highest BCUT2D eigenvalue weighted by atomic mass is 19.1. The number of hydrogen-bond acceptors (Lipinski definition) is 6. The van der Waals surface area contributed by atoms with Crippen LogP contribution in [-0.4, -0.2) is 60.6 Å². The van der Waals surface area contributed by atoms with Crippen LogP contribution in [0.4, 0.5) is 14.9 Å². The molecule has 1 aromatic carbocycles. The Morgan fingerprint density at radius 3 is 2.27 bits per heavy atom. The maximum absolute atomic E-state index is 12.7. The molecule has 11 heteroatoms. The highest BCUT2D eigenvalue weighted by molar-refractivity contribution is 6.06. The summed E-state index contributed by atoms with van der Waals surface area (Å²) in [6, 6.07) is 3.23. The van der Waals surface area contributed by atoms with Gasteiger partial charge in [-0.05, 0) is 18.1 Å². The number of amides is 3. The van der Waals surface area contributed by atoms with Crippen LogP contribution in [0.25, 0.3) is 0 Å². The number of halogens is 1. The van der Waals surface area contributed by atoms with Crippen LogP contribution >= 0.6 is 0 Å². The summed E-state index contributed by atoms with van der Waals surface area (Å²) in [6.07, 6.45) is -1.60. The van der Waals surface area contributed by atoms with Crippen molar-refractivity contribution in [3.63, 3.8) is 0 Å². The van der Waals surface area contributed by atoms with Crippen LogP contribution in [0.3, 0.4) is 0 Å². The Balaban J connectivity index is 3.06. The SMILES string of the molecule is COC(=O)NC(C(=O)Nc1ccccc1C(=O)NC(CC(=O)O)C(=O)CF)C(C)C. The average molecular weight is 425 g/mol. The van der Waals surface area contributed by atoms with Crippen molar-refractivity contribution in [2.75, 3.05) is 19.1 Å². The quantitative estimate of drug-likeness (QED) is 0.438. The van der Waals surface area contributed by atoms with Crippen molar-refractivity contribution in [3.8, 4) is 0 Å². The monoisotopic (exact) mass is 425 g/mol. The lowest BCUT2D eigenvalue weighted by atomic mass is 10.0. The van der Waals surface area contributed by atoms with Crippen LogP contribution < -0.4 is 16.0 Å². The predicted molar refractivity (Wildman–Crippen MR) is 104 cm³/mol. The minimum absolute atomic E-state index is 0.0547. The van der Waals surface area contributed by atoms with Gasteiger partial charge in [-0.15, -0.1) is 0 Å². The number of methoxy groups -OCH3 is 1. The number of carbonyl (C=O) groups is 5. The van der Waals surface area contributed by atoms with E-state index in [9.17, 15) is 28.4 Å². The molecule has 30 heavy (non-hydrogen) atoms. The van der Waals surface area contributed by atoms with Gasteiger partial charge in [-0.1, -0.05) is 26.0 Å². The van der Waals surface area contributed by atoms with Gasteiger partial charge in [0, 0.05) is 0 Å². The maximum atomic E-state index is 12.7. The molecule has 0 aliphatic carbocycles. The Hall–Kier alpha value is -3.50. The molecular weight excluding hydrogens is 401 g/mol. The van der Waals surface area contributed by atoms with Crippen molar-refractivity contribution in [1.82, 2.24) is 10.6 Å². The molecule has 2 unspecified atom stereocenters. The van der Waals surface area contributed by atoms with Crippen molar-refractivity contribution in [2.24, 2.45) is 5.92 Å². The van der Waals surface area contributed by atoms with Gasteiger partial charge in [0.05, 0.1) is 24.8 Å². The molecular formula is C19H24FN3O7. The first-order valence-electron chi connectivity index (χ1n) is 8.96. The third-order valence-electron chi connectivity index (χ3n) is 4.04. The van der Waals surface area contributed by atoms with Gasteiger partial charge >= 0.3 is 12.1 Å². The molecule has 0 aliphatic heterocycles. The number of nitrogens with one attached hydrogen (secondary N) is 3. The number of Topliss-reactive ketones (excluding diaryl/α,β-unsaturated/α-hetero) is 1. The van der Waals surface area contributed by atoms with Crippen LogP contribution in [0.5, 0.6) is 0 Å². The fraction of sp³-hybridized carbons (Fsp3) is 0.421. The van der Waals surface area contributed by atoms with E-state index < -0.39 is 54.8 Å². The molecule has 0 bridgehead atoms. The van der Waals surface area contributed by atoms with Gasteiger partial charge < -0.3 is 25.8 Å². The topological polar surface area (TPSA) is 151 Å². The zero-order valence-corrected chi connectivity index (χ0v) is 16.7. The number of alkyl halides is 1. The van der Waals surface area contributed by atoms with Crippen LogP contribution in [0.2, 0.25) is 0 Å². The van der Waals surface area contributed by atoms with Crippen LogP contribution in [-0.2, 0) is 19.1 Å². The largest absolute Gasteiger partial charge is 0.481 e. The number of ketones is 1. The second-order valence-corrected chi connectivity index (χ2v) is 6.62. The summed E-state index contributed by atoms with van der Waals surface area (Å²) in [5, 5.41) is 15.9. The normalized spacial score (nSPS) is 12.4. The number of carboxylic acid groups (broad SMARTS) is 1. The maximum Gasteiger partial charge on any atom is 0.407 e. The minimum atomic E-state index is -1.56. The zero-order chi connectivity index (χ0) is 22.8. The number of ether oxygens (including phenoxy) is 1. The molecule has 0 aliphatic rings. The van der Waals surface area contributed by atoms with E-state index >= 15 is 0 Å². The summed E-state index contributed by atoms with van der Waals surface area (Å²) >= 11 is 0. The van der Waals surface area contributed by atoms with Crippen LogP contribution in [0.15, 0.2) is 24.3 Å². The van der Waals surface area contributed by atoms with E-state index in [0.717, 1.165) is 7.11 Å². The van der Waals surface area contributed by atoms with E-state index in [1.807, 2.05) is 0 Å². The van der Waals surface area contributed by atoms with Crippen molar-refractivity contribution in [1.29, 1.82) is 0 Å². The van der Waals surface area contributed by atoms with E-state index in [4.69, 9.17) is 5.11 Å². The number of benzene rings is 1. The molecule has 0 heterocycles. The van der Waals surface area contributed by atoms with Gasteiger partial charge in [-0.2, -0.15) is 0 Å². The molecule has 164 valence electrons. The fourth-order valence-electron chi connectivity index (χ4n) is 2.47. The average Bonchev–Trinajstić information content (AvgIpc) is 2.70. The van der Waals surface area contributed by atoms with Gasteiger partial charge in [0.1, 0.15) is 18.8 Å². The highest BCUT2D eigenvalue weighted by Gasteiger charge is 2.27. The lowest BCUT2D eigenvalue weighted by Crippen LogP contribution is -2.47. The third-order valence-corrected chi connectivity index (χ3v) is 4.04. The molecule has 0 fully saturated rings. The molecule has 0 saturated heterocycles. The smallest absolute Gasteiger partial charge is 0.407 e. The second kappa shape index (κ2) is 11.5. The number of carbonyl (C=O) groups excluding carboxylic acids is 4. The Labute approximate surface area is 172 Å². The summed E-state index contributed by atoms with van der Waals surface area (Å²) in [5.74, 6) is -4.29.